The molecule has 28 heavy (non-hydrogen) atoms. The van der Waals surface area contributed by atoms with Gasteiger partial charge in [0.1, 0.15) is 5.82 Å². The first kappa shape index (κ1) is 22.9. The molecular formula is C20H34IN7. The third-order valence-electron chi connectivity index (χ3n) is 5.23. The van der Waals surface area contributed by atoms with E-state index in [1.165, 1.54) is 45.3 Å². The summed E-state index contributed by atoms with van der Waals surface area (Å²) >= 11 is 0. The molecule has 0 amide bonds. The van der Waals surface area contributed by atoms with Crippen LogP contribution in [0.1, 0.15) is 44.9 Å². The highest BCUT2D eigenvalue weighted by Crippen LogP contribution is 2.11. The van der Waals surface area contributed by atoms with E-state index in [1.54, 1.807) is 0 Å². The van der Waals surface area contributed by atoms with Gasteiger partial charge < -0.3 is 15.5 Å². The van der Waals surface area contributed by atoms with Gasteiger partial charge in [-0.1, -0.05) is 19.4 Å². The van der Waals surface area contributed by atoms with Crippen LogP contribution in [0.3, 0.4) is 0 Å². The summed E-state index contributed by atoms with van der Waals surface area (Å²) in [5, 5.41) is 15.5. The monoisotopic (exact) mass is 499 g/mol. The minimum Gasteiger partial charge on any atom is -0.356 e. The average Bonchev–Trinajstić information content (AvgIpc) is 3.13. The molecule has 3 rings (SSSR count). The van der Waals surface area contributed by atoms with Gasteiger partial charge in [-0.3, -0.25) is 9.39 Å². The molecule has 2 N–H and O–H groups in total. The molecule has 2 aromatic rings. The van der Waals surface area contributed by atoms with Crippen molar-refractivity contribution in [1.29, 1.82) is 0 Å². The minimum atomic E-state index is 0. The number of hydrogen-bond acceptors (Lipinski definition) is 4. The highest BCUT2D eigenvalue weighted by Gasteiger charge is 2.19. The van der Waals surface area contributed by atoms with Gasteiger partial charge in [0.15, 0.2) is 11.6 Å². The van der Waals surface area contributed by atoms with Crippen LogP contribution >= 0.6 is 24.0 Å². The molecule has 1 fully saturated rings. The number of nitrogens with zero attached hydrogens (tertiary/aromatic N) is 5. The third-order valence-corrected chi connectivity index (χ3v) is 5.23. The number of aryl methyl sites for hydroxylation is 1. The number of piperidine rings is 1. The summed E-state index contributed by atoms with van der Waals surface area (Å²) in [7, 11) is 1.84. The van der Waals surface area contributed by atoms with Gasteiger partial charge in [-0.05, 0) is 44.4 Å². The molecule has 0 spiro atoms. The molecule has 0 aromatic carbocycles. The largest absolute Gasteiger partial charge is 0.356 e. The molecule has 0 bridgehead atoms. The molecule has 0 unspecified atom stereocenters. The van der Waals surface area contributed by atoms with Gasteiger partial charge in [-0.15, -0.1) is 34.2 Å². The molecule has 1 saturated heterocycles. The first-order valence-electron chi connectivity index (χ1n) is 10.3. The molecule has 1 aliphatic heterocycles. The molecule has 2 aromatic heterocycles. The number of nitrogens with one attached hydrogen (secondary N) is 2. The Morgan fingerprint density at radius 1 is 1.21 bits per heavy atom. The number of aliphatic imine (C=N–C) groups is 1. The summed E-state index contributed by atoms with van der Waals surface area (Å²) < 4.78 is 2.05. The third kappa shape index (κ3) is 6.58. The van der Waals surface area contributed by atoms with E-state index in [9.17, 15) is 0 Å². The lowest BCUT2D eigenvalue weighted by atomic mass is 10.0. The summed E-state index contributed by atoms with van der Waals surface area (Å²) in [4.78, 5) is 6.97. The maximum Gasteiger partial charge on any atom is 0.191 e. The van der Waals surface area contributed by atoms with Crippen LogP contribution in [0.25, 0.3) is 5.65 Å². The molecular weight excluding hydrogens is 465 g/mol. The lowest BCUT2D eigenvalue weighted by molar-refractivity contribution is 0.203. The van der Waals surface area contributed by atoms with Crippen molar-refractivity contribution in [2.75, 3.05) is 33.2 Å². The average molecular weight is 499 g/mol. The van der Waals surface area contributed by atoms with Gasteiger partial charge in [0.25, 0.3) is 0 Å². The van der Waals surface area contributed by atoms with Crippen molar-refractivity contribution in [2.45, 2.75) is 51.5 Å². The van der Waals surface area contributed by atoms with E-state index in [2.05, 4.69) is 42.0 Å². The highest BCUT2D eigenvalue weighted by atomic mass is 127. The fourth-order valence-electron chi connectivity index (χ4n) is 3.59. The quantitative estimate of drug-likeness (QED) is 0.253. The van der Waals surface area contributed by atoms with E-state index in [1.807, 2.05) is 31.4 Å². The minimum absolute atomic E-state index is 0. The maximum absolute atomic E-state index is 4.38. The molecule has 8 heteroatoms. The van der Waals surface area contributed by atoms with E-state index >= 15 is 0 Å². The number of unbranched alkanes of at least 4 members (excludes halogenated alkanes) is 1. The van der Waals surface area contributed by atoms with Gasteiger partial charge in [0.05, 0.1) is 0 Å². The fraction of sp³-hybridized carbons (Fsp3) is 0.650. The van der Waals surface area contributed by atoms with Crippen molar-refractivity contribution < 1.29 is 0 Å². The molecule has 0 aliphatic carbocycles. The van der Waals surface area contributed by atoms with Crippen molar-refractivity contribution in [3.8, 4) is 0 Å². The van der Waals surface area contributed by atoms with Crippen LogP contribution in [0.15, 0.2) is 29.4 Å². The topological polar surface area (TPSA) is 69.8 Å². The molecule has 0 radical (unpaired) electrons. The predicted molar refractivity (Wildman–Crippen MR) is 126 cm³/mol. The van der Waals surface area contributed by atoms with Gasteiger partial charge in [0.2, 0.25) is 0 Å². The second-order valence-electron chi connectivity index (χ2n) is 7.26. The first-order chi connectivity index (χ1) is 13.3. The zero-order valence-electron chi connectivity index (χ0n) is 17.1. The molecule has 0 atom stereocenters. The van der Waals surface area contributed by atoms with Crippen LogP contribution in [0.2, 0.25) is 0 Å². The van der Waals surface area contributed by atoms with Crippen LogP contribution in [-0.4, -0.2) is 64.7 Å². The summed E-state index contributed by atoms with van der Waals surface area (Å²) in [6.07, 6.45) is 8.87. The molecule has 1 aliphatic rings. The lowest BCUT2D eigenvalue weighted by Gasteiger charge is -2.33. The molecule has 156 valence electrons. The fourth-order valence-corrected chi connectivity index (χ4v) is 3.59. The Kier molecular flexibility index (Phi) is 9.97. The summed E-state index contributed by atoms with van der Waals surface area (Å²) in [5.74, 6) is 1.92. The van der Waals surface area contributed by atoms with Crippen LogP contribution in [-0.2, 0) is 6.42 Å². The number of pyridine rings is 1. The lowest BCUT2D eigenvalue weighted by Crippen LogP contribution is -2.49. The number of fused-ring (bicyclic) bond motifs is 1. The molecule has 7 nitrogen and oxygen atoms in total. The molecule has 0 saturated carbocycles. The normalized spacial score (nSPS) is 16.1. The summed E-state index contributed by atoms with van der Waals surface area (Å²) in [5.41, 5.74) is 0.906. The van der Waals surface area contributed by atoms with Crippen molar-refractivity contribution in [1.82, 2.24) is 30.1 Å². The van der Waals surface area contributed by atoms with Crippen LogP contribution in [0.4, 0.5) is 0 Å². The zero-order chi connectivity index (χ0) is 18.9. The summed E-state index contributed by atoms with van der Waals surface area (Å²) in [6.45, 7) is 6.75. The van der Waals surface area contributed by atoms with E-state index < -0.39 is 0 Å². The van der Waals surface area contributed by atoms with Gasteiger partial charge in [-0.2, -0.15) is 0 Å². The second-order valence-corrected chi connectivity index (χ2v) is 7.26. The Morgan fingerprint density at radius 3 is 2.79 bits per heavy atom. The van der Waals surface area contributed by atoms with Crippen LogP contribution < -0.4 is 10.6 Å². The standard InChI is InChI=1S/C20H33N7.HI/c1-3-4-13-26-15-10-17(11-16-26)23-20(21-2)22-12-7-9-19-25-24-18-8-5-6-14-27(18)19;/h5-6,8,14,17H,3-4,7,9-13,15-16H2,1-2H3,(H2,21,22,23);1H. The number of hydrogen-bond donors (Lipinski definition) is 2. The van der Waals surface area contributed by atoms with E-state index in [4.69, 9.17) is 0 Å². The number of halogens is 1. The Labute approximate surface area is 185 Å². The van der Waals surface area contributed by atoms with E-state index in [0.29, 0.717) is 6.04 Å². The highest BCUT2D eigenvalue weighted by molar-refractivity contribution is 14.0. The van der Waals surface area contributed by atoms with Gasteiger partial charge >= 0.3 is 0 Å². The van der Waals surface area contributed by atoms with Crippen LogP contribution in [0, 0.1) is 0 Å². The van der Waals surface area contributed by atoms with Crippen molar-refractivity contribution >= 4 is 35.6 Å². The predicted octanol–water partition coefficient (Wildman–Crippen LogP) is 2.71. The van der Waals surface area contributed by atoms with E-state index in [-0.39, 0.29) is 24.0 Å². The first-order valence-corrected chi connectivity index (χ1v) is 10.3. The number of rotatable bonds is 8. The number of likely N-dealkylation sites (tertiary alicyclic amines) is 1. The Hall–Kier alpha value is -1.42. The number of guanidine groups is 1. The van der Waals surface area contributed by atoms with Crippen molar-refractivity contribution in [2.24, 2.45) is 4.99 Å². The maximum atomic E-state index is 4.38. The smallest absolute Gasteiger partial charge is 0.191 e. The Bertz CT molecular complexity index is 722. The Balaban J connectivity index is 0.00000280. The van der Waals surface area contributed by atoms with Gasteiger partial charge in [0, 0.05) is 45.3 Å². The van der Waals surface area contributed by atoms with E-state index in [0.717, 1.165) is 36.8 Å². The van der Waals surface area contributed by atoms with Crippen molar-refractivity contribution in [3.05, 3.63) is 30.2 Å². The number of aromatic nitrogens is 3. The summed E-state index contributed by atoms with van der Waals surface area (Å²) in [6, 6.07) is 6.50. The molecule has 3 heterocycles. The second kappa shape index (κ2) is 12.2. The SMILES string of the molecule is CCCCN1CCC(NC(=NC)NCCCc2nnc3ccccn23)CC1.I. The van der Waals surface area contributed by atoms with Gasteiger partial charge in [-0.25, -0.2) is 0 Å². The van der Waals surface area contributed by atoms with Crippen molar-refractivity contribution in [3.63, 3.8) is 0 Å². The van der Waals surface area contributed by atoms with Crippen LogP contribution in [0.5, 0.6) is 0 Å². The zero-order valence-corrected chi connectivity index (χ0v) is 19.4. The Morgan fingerprint density at radius 2 is 2.04 bits per heavy atom.